The Morgan fingerprint density at radius 2 is 1.89 bits per heavy atom. The molecule has 35 heavy (non-hydrogen) atoms. The number of ketones is 2. The Hall–Kier alpha value is -3.31. The number of aromatic hydroxyl groups is 1. The number of rotatable bonds is 5. The van der Waals surface area contributed by atoms with E-state index in [1.54, 1.807) is 25.1 Å². The molecular formula is C24H29N3O7S. The summed E-state index contributed by atoms with van der Waals surface area (Å²) in [5, 5.41) is 33.1. The van der Waals surface area contributed by atoms with E-state index in [0.29, 0.717) is 24.1 Å². The zero-order chi connectivity index (χ0) is 26.0. The van der Waals surface area contributed by atoms with Crippen molar-refractivity contribution in [3.8, 4) is 5.75 Å². The lowest BCUT2D eigenvalue weighted by Gasteiger charge is -2.42. The van der Waals surface area contributed by atoms with Gasteiger partial charge in [-0.15, -0.1) is 0 Å². The number of fused-ring (bicyclic) bond motifs is 3. The Bertz CT molecular complexity index is 1340. The van der Waals surface area contributed by atoms with Gasteiger partial charge in [0, 0.05) is 49.6 Å². The fourth-order valence-corrected chi connectivity index (χ4v) is 5.98. The zero-order valence-corrected chi connectivity index (χ0v) is 20.6. The van der Waals surface area contributed by atoms with Gasteiger partial charge in [-0.2, -0.15) is 0 Å². The number of benzene rings is 1. The Labute approximate surface area is 203 Å². The van der Waals surface area contributed by atoms with Gasteiger partial charge in [-0.1, -0.05) is 6.58 Å². The molecule has 11 heteroatoms. The lowest BCUT2D eigenvalue weighted by Crippen LogP contribution is -2.43. The number of hydrogen-bond acceptors (Lipinski definition) is 9. The first-order valence-electron chi connectivity index (χ1n) is 11.1. The van der Waals surface area contributed by atoms with Gasteiger partial charge in [0.2, 0.25) is 10.0 Å². The average Bonchev–Trinajstić information content (AvgIpc) is 2.71. The predicted octanol–water partition coefficient (Wildman–Crippen LogP) is 1.41. The highest BCUT2D eigenvalue weighted by atomic mass is 32.2. The van der Waals surface area contributed by atoms with Gasteiger partial charge in [0.15, 0.2) is 11.6 Å². The van der Waals surface area contributed by atoms with Crippen molar-refractivity contribution in [1.29, 1.82) is 0 Å². The van der Waals surface area contributed by atoms with E-state index in [1.807, 2.05) is 0 Å². The van der Waals surface area contributed by atoms with Gasteiger partial charge < -0.3 is 26.0 Å². The number of anilines is 1. The van der Waals surface area contributed by atoms with Gasteiger partial charge in [-0.05, 0) is 36.3 Å². The Morgan fingerprint density at radius 3 is 2.46 bits per heavy atom. The van der Waals surface area contributed by atoms with E-state index in [2.05, 4.69) is 11.3 Å². The normalized spacial score (nSPS) is 24.1. The van der Waals surface area contributed by atoms with Gasteiger partial charge in [0.1, 0.15) is 17.3 Å². The summed E-state index contributed by atoms with van der Waals surface area (Å²) in [6.07, 6.45) is 1.72. The molecule has 1 saturated carbocycles. The van der Waals surface area contributed by atoms with Crippen molar-refractivity contribution in [2.45, 2.75) is 25.8 Å². The number of nitrogens with zero attached hydrogens (tertiary/aromatic N) is 1. The van der Waals surface area contributed by atoms with Crippen LogP contribution in [-0.2, 0) is 32.6 Å². The third kappa shape index (κ3) is 4.08. The minimum atomic E-state index is -3.55. The van der Waals surface area contributed by atoms with Crippen LogP contribution < -0.4 is 15.4 Å². The molecule has 0 amide bonds. The molecule has 0 aromatic heterocycles. The van der Waals surface area contributed by atoms with E-state index < -0.39 is 45.1 Å². The summed E-state index contributed by atoms with van der Waals surface area (Å²) in [6.45, 7) is 3.32. The molecule has 0 aliphatic heterocycles. The molecule has 1 aromatic carbocycles. The SMILES string of the molecule is C=C(N)C1=C(O)C2C(=O)C3=C(O)c4c(O)c(CNS(C)(=O)=O)cc(N(C)C)c4CC3CC2CC1=O. The number of aliphatic hydroxyl groups is 2. The van der Waals surface area contributed by atoms with Crippen LogP contribution in [0, 0.1) is 17.8 Å². The van der Waals surface area contributed by atoms with Gasteiger partial charge >= 0.3 is 0 Å². The second-order valence-corrected chi connectivity index (χ2v) is 11.5. The smallest absolute Gasteiger partial charge is 0.209 e. The van der Waals surface area contributed by atoms with Gasteiger partial charge in [-0.3, -0.25) is 9.59 Å². The molecule has 6 N–H and O–H groups in total. The number of phenolic OH excluding ortho intramolecular Hbond substituents is 1. The highest BCUT2D eigenvalue weighted by Gasteiger charge is 2.50. The number of nitrogens with one attached hydrogen (secondary N) is 1. The number of Topliss-reactive ketones (excluding diaryl/α,β-unsaturated/α-hetero) is 2. The number of allylic oxidation sites excluding steroid dienone is 3. The number of carbonyl (C=O) groups is 2. The van der Waals surface area contributed by atoms with Crippen molar-refractivity contribution in [2.75, 3.05) is 25.3 Å². The monoisotopic (exact) mass is 503 g/mol. The summed E-state index contributed by atoms with van der Waals surface area (Å²) in [7, 11) is 0.00864. The molecule has 1 aromatic rings. The van der Waals surface area contributed by atoms with Crippen LogP contribution >= 0.6 is 0 Å². The molecule has 3 atom stereocenters. The van der Waals surface area contributed by atoms with Crippen LogP contribution in [0.2, 0.25) is 0 Å². The summed E-state index contributed by atoms with van der Waals surface area (Å²) >= 11 is 0. The summed E-state index contributed by atoms with van der Waals surface area (Å²) in [4.78, 5) is 27.9. The number of nitrogens with two attached hydrogens (primary N) is 1. The van der Waals surface area contributed by atoms with Crippen molar-refractivity contribution < 1.29 is 33.3 Å². The van der Waals surface area contributed by atoms with E-state index in [0.717, 1.165) is 6.26 Å². The van der Waals surface area contributed by atoms with Gasteiger partial charge in [-0.25, -0.2) is 13.1 Å². The number of sulfonamides is 1. The predicted molar refractivity (Wildman–Crippen MR) is 130 cm³/mol. The first kappa shape index (κ1) is 24.8. The molecular weight excluding hydrogens is 474 g/mol. The summed E-state index contributed by atoms with van der Waals surface area (Å²) < 4.78 is 25.5. The second kappa shape index (κ2) is 8.42. The molecule has 10 nitrogen and oxygen atoms in total. The van der Waals surface area contributed by atoms with E-state index >= 15 is 0 Å². The minimum Gasteiger partial charge on any atom is -0.511 e. The average molecular weight is 504 g/mol. The van der Waals surface area contributed by atoms with E-state index in [9.17, 15) is 33.3 Å². The molecule has 3 aliphatic carbocycles. The van der Waals surface area contributed by atoms with Crippen molar-refractivity contribution in [2.24, 2.45) is 23.5 Å². The van der Waals surface area contributed by atoms with Crippen molar-refractivity contribution in [3.63, 3.8) is 0 Å². The molecule has 0 spiro atoms. The maximum Gasteiger partial charge on any atom is 0.209 e. The lowest BCUT2D eigenvalue weighted by molar-refractivity contribution is -0.126. The lowest BCUT2D eigenvalue weighted by atomic mass is 9.61. The highest BCUT2D eigenvalue weighted by molar-refractivity contribution is 7.88. The Morgan fingerprint density at radius 1 is 1.23 bits per heavy atom. The first-order valence-corrected chi connectivity index (χ1v) is 13.0. The van der Waals surface area contributed by atoms with Crippen molar-refractivity contribution >= 4 is 33.0 Å². The van der Waals surface area contributed by atoms with Crippen LogP contribution in [0.4, 0.5) is 5.69 Å². The highest BCUT2D eigenvalue weighted by Crippen LogP contribution is 2.52. The van der Waals surface area contributed by atoms with Crippen molar-refractivity contribution in [1.82, 2.24) is 4.72 Å². The topological polar surface area (TPSA) is 170 Å². The van der Waals surface area contributed by atoms with Crippen LogP contribution in [0.1, 0.15) is 29.5 Å². The third-order valence-electron chi connectivity index (χ3n) is 7.03. The van der Waals surface area contributed by atoms with E-state index in [-0.39, 0.29) is 52.5 Å². The molecule has 3 unspecified atom stereocenters. The quantitative estimate of drug-likeness (QED) is 0.398. The van der Waals surface area contributed by atoms with Crippen LogP contribution in [0.15, 0.2) is 35.2 Å². The fourth-order valence-electron chi connectivity index (χ4n) is 5.57. The van der Waals surface area contributed by atoms with Gasteiger partial charge in [0.25, 0.3) is 0 Å². The molecule has 4 rings (SSSR count). The number of carbonyl (C=O) groups excluding carboxylic acids is 2. The molecule has 188 valence electrons. The maximum absolute atomic E-state index is 13.6. The molecule has 1 fully saturated rings. The second-order valence-electron chi connectivity index (χ2n) is 9.66. The molecule has 0 heterocycles. The molecule has 0 saturated heterocycles. The van der Waals surface area contributed by atoms with Gasteiger partial charge in [0.05, 0.1) is 23.3 Å². The molecule has 0 bridgehead atoms. The van der Waals surface area contributed by atoms with Crippen LogP contribution in [0.5, 0.6) is 5.75 Å². The van der Waals surface area contributed by atoms with Crippen LogP contribution in [-0.4, -0.2) is 55.7 Å². The van der Waals surface area contributed by atoms with Crippen LogP contribution in [0.3, 0.4) is 0 Å². The Balaban J connectivity index is 1.88. The summed E-state index contributed by atoms with van der Waals surface area (Å²) in [5.41, 5.74) is 7.07. The van der Waals surface area contributed by atoms with Crippen molar-refractivity contribution in [3.05, 3.63) is 51.9 Å². The first-order chi connectivity index (χ1) is 16.2. The minimum absolute atomic E-state index is 0.0330. The van der Waals surface area contributed by atoms with E-state index in [1.165, 1.54) is 0 Å². The number of hydrogen-bond donors (Lipinski definition) is 5. The summed E-state index contributed by atoms with van der Waals surface area (Å²) in [6, 6.07) is 1.65. The van der Waals surface area contributed by atoms with E-state index in [4.69, 9.17) is 5.73 Å². The molecule has 0 radical (unpaired) electrons. The number of aliphatic hydroxyl groups excluding tert-OH is 2. The Kier molecular flexibility index (Phi) is 5.97. The maximum atomic E-state index is 13.6. The zero-order valence-electron chi connectivity index (χ0n) is 19.8. The van der Waals surface area contributed by atoms with Crippen LogP contribution in [0.25, 0.3) is 5.76 Å². The molecule has 3 aliphatic rings. The number of phenols is 1. The summed E-state index contributed by atoms with van der Waals surface area (Å²) in [5.74, 6) is -3.96. The standard InChI is InChI=1S/C24H29N3O7S/c1-10(25)17-16(28)8-12-5-11-6-14-15(27(2)3)7-13(9-26-35(4,33)34)21(29)20(14)24(32)18(11)23(31)19(12)22(17)30/h7,11-12,19,26,29-30,32H,1,5-6,8-9,25H2,2-4H3. The fraction of sp³-hybridized carbons (Fsp3) is 0.417. The third-order valence-corrected chi connectivity index (χ3v) is 7.69. The largest absolute Gasteiger partial charge is 0.511 e.